The molecule has 1 aliphatic heterocycles. The van der Waals surface area contributed by atoms with Crippen molar-refractivity contribution in [2.45, 2.75) is 25.2 Å². The molecule has 3 nitrogen and oxygen atoms in total. The molecule has 0 radical (unpaired) electrons. The summed E-state index contributed by atoms with van der Waals surface area (Å²) in [6, 6.07) is 6.30. The number of hydrogen-bond acceptors (Lipinski definition) is 3. The Kier molecular flexibility index (Phi) is 3.68. The maximum atomic E-state index is 6.17. The van der Waals surface area contributed by atoms with Gasteiger partial charge in [0.25, 0.3) is 0 Å². The summed E-state index contributed by atoms with van der Waals surface area (Å²) in [4.78, 5) is 9.42. The highest BCUT2D eigenvalue weighted by molar-refractivity contribution is 6.30. The number of nitrogens with one attached hydrogen (secondary N) is 1. The molecule has 0 aromatic carbocycles. The van der Waals surface area contributed by atoms with Crippen LogP contribution in [0.4, 0.5) is 0 Å². The number of nitrogens with zero attached hydrogens (tertiary/aromatic N) is 2. The van der Waals surface area contributed by atoms with E-state index in [0.717, 1.165) is 43.1 Å². The van der Waals surface area contributed by atoms with E-state index in [4.69, 9.17) is 21.6 Å². The molecule has 0 bridgehead atoms. The van der Waals surface area contributed by atoms with E-state index in [1.54, 1.807) is 6.20 Å². The molecular weight excluding hydrogens is 294 g/mol. The van der Waals surface area contributed by atoms with Crippen molar-refractivity contribution in [1.29, 1.82) is 0 Å². The highest BCUT2D eigenvalue weighted by atomic mass is 35.5. The van der Waals surface area contributed by atoms with Crippen molar-refractivity contribution >= 4 is 11.6 Å². The quantitative estimate of drug-likeness (QED) is 0.821. The van der Waals surface area contributed by atoms with Crippen molar-refractivity contribution < 1.29 is 0 Å². The number of pyridine rings is 2. The SMILES string of the molecule is Clc1cnc2c(c1)CCc1cccnc1C2C1=CCNCC1. The smallest absolute Gasteiger partial charge is 0.0652 e. The zero-order chi connectivity index (χ0) is 14.9. The minimum absolute atomic E-state index is 0.174. The van der Waals surface area contributed by atoms with Crippen LogP contribution >= 0.6 is 11.6 Å². The molecule has 2 aromatic heterocycles. The predicted octanol–water partition coefficient (Wildman–Crippen LogP) is 3.28. The molecule has 2 aliphatic rings. The van der Waals surface area contributed by atoms with Crippen LogP contribution in [0, 0.1) is 0 Å². The molecule has 2 aromatic rings. The van der Waals surface area contributed by atoms with E-state index in [2.05, 4.69) is 23.5 Å². The Bertz CT molecular complexity index is 739. The monoisotopic (exact) mass is 311 g/mol. The molecule has 22 heavy (non-hydrogen) atoms. The number of aryl methyl sites for hydroxylation is 2. The molecule has 1 atom stereocenters. The van der Waals surface area contributed by atoms with Crippen molar-refractivity contribution in [3.63, 3.8) is 0 Å². The Labute approximate surface area is 135 Å². The van der Waals surface area contributed by atoms with Crippen LogP contribution in [0.15, 0.2) is 42.2 Å². The van der Waals surface area contributed by atoms with Gasteiger partial charge in [-0.05, 0) is 49.1 Å². The van der Waals surface area contributed by atoms with Crippen LogP contribution < -0.4 is 5.32 Å². The molecule has 0 saturated heterocycles. The Hall–Kier alpha value is -1.71. The first-order chi connectivity index (χ1) is 10.8. The first-order valence-electron chi connectivity index (χ1n) is 7.80. The number of hydrogen-bond donors (Lipinski definition) is 1. The average Bonchev–Trinajstić information content (AvgIpc) is 2.72. The normalized spacial score (nSPS) is 20.6. The highest BCUT2D eigenvalue weighted by Crippen LogP contribution is 2.38. The van der Waals surface area contributed by atoms with Crippen molar-refractivity contribution in [2.75, 3.05) is 13.1 Å². The average molecular weight is 312 g/mol. The fraction of sp³-hybridized carbons (Fsp3) is 0.333. The third-order valence-electron chi connectivity index (χ3n) is 4.57. The topological polar surface area (TPSA) is 37.8 Å². The predicted molar refractivity (Wildman–Crippen MR) is 88.3 cm³/mol. The van der Waals surface area contributed by atoms with Gasteiger partial charge in [-0.25, -0.2) is 0 Å². The van der Waals surface area contributed by atoms with E-state index in [-0.39, 0.29) is 5.92 Å². The fourth-order valence-electron chi connectivity index (χ4n) is 3.53. The second-order valence-corrected chi connectivity index (χ2v) is 6.35. The summed E-state index contributed by atoms with van der Waals surface area (Å²) in [6.07, 6.45) is 8.99. The number of fused-ring (bicyclic) bond motifs is 2. The molecule has 0 saturated carbocycles. The molecule has 0 amide bonds. The van der Waals surface area contributed by atoms with Gasteiger partial charge in [-0.3, -0.25) is 9.97 Å². The van der Waals surface area contributed by atoms with Gasteiger partial charge in [0.1, 0.15) is 0 Å². The maximum Gasteiger partial charge on any atom is 0.0652 e. The second-order valence-electron chi connectivity index (χ2n) is 5.91. The first kappa shape index (κ1) is 13.9. The first-order valence-corrected chi connectivity index (χ1v) is 8.18. The van der Waals surface area contributed by atoms with E-state index in [1.807, 2.05) is 12.3 Å². The van der Waals surface area contributed by atoms with Crippen molar-refractivity contribution in [3.05, 3.63) is 69.8 Å². The molecule has 0 fully saturated rings. The van der Waals surface area contributed by atoms with Crippen molar-refractivity contribution in [2.24, 2.45) is 0 Å². The van der Waals surface area contributed by atoms with Crippen LogP contribution in [-0.2, 0) is 12.8 Å². The van der Waals surface area contributed by atoms with Crippen LogP contribution in [0.25, 0.3) is 0 Å². The summed E-state index contributed by atoms with van der Waals surface area (Å²) >= 11 is 6.17. The highest BCUT2D eigenvalue weighted by Gasteiger charge is 2.29. The largest absolute Gasteiger partial charge is 0.313 e. The Morgan fingerprint density at radius 2 is 1.95 bits per heavy atom. The third-order valence-corrected chi connectivity index (χ3v) is 4.78. The fourth-order valence-corrected chi connectivity index (χ4v) is 3.71. The van der Waals surface area contributed by atoms with Gasteiger partial charge in [0, 0.05) is 18.9 Å². The van der Waals surface area contributed by atoms with Crippen LogP contribution in [0.1, 0.15) is 34.9 Å². The van der Waals surface area contributed by atoms with E-state index >= 15 is 0 Å². The van der Waals surface area contributed by atoms with E-state index < -0.39 is 0 Å². The number of aromatic nitrogens is 2. The molecule has 1 N–H and O–H groups in total. The van der Waals surface area contributed by atoms with Gasteiger partial charge in [0.15, 0.2) is 0 Å². The van der Waals surface area contributed by atoms with Gasteiger partial charge in [-0.15, -0.1) is 0 Å². The third kappa shape index (κ3) is 2.44. The van der Waals surface area contributed by atoms with Crippen LogP contribution in [0.3, 0.4) is 0 Å². The van der Waals surface area contributed by atoms with Gasteiger partial charge < -0.3 is 5.32 Å². The van der Waals surface area contributed by atoms with Gasteiger partial charge in [-0.1, -0.05) is 29.3 Å². The molecule has 1 unspecified atom stereocenters. The molecule has 4 heteroatoms. The summed E-state index contributed by atoms with van der Waals surface area (Å²) in [5, 5.41) is 4.11. The Morgan fingerprint density at radius 3 is 2.82 bits per heavy atom. The Morgan fingerprint density at radius 1 is 1.09 bits per heavy atom. The van der Waals surface area contributed by atoms with Crippen LogP contribution in [-0.4, -0.2) is 23.1 Å². The van der Waals surface area contributed by atoms with E-state index in [9.17, 15) is 0 Å². The molecule has 0 spiro atoms. The van der Waals surface area contributed by atoms with Crippen molar-refractivity contribution in [3.8, 4) is 0 Å². The summed E-state index contributed by atoms with van der Waals surface area (Å²) in [5.41, 5.74) is 6.33. The number of rotatable bonds is 1. The minimum atomic E-state index is 0.174. The summed E-state index contributed by atoms with van der Waals surface area (Å²) in [6.45, 7) is 1.95. The summed E-state index contributed by atoms with van der Waals surface area (Å²) < 4.78 is 0. The van der Waals surface area contributed by atoms with Gasteiger partial charge >= 0.3 is 0 Å². The van der Waals surface area contributed by atoms with E-state index in [0.29, 0.717) is 0 Å². The molecule has 3 heterocycles. The zero-order valence-corrected chi connectivity index (χ0v) is 13.1. The molecule has 112 valence electrons. The van der Waals surface area contributed by atoms with Gasteiger partial charge in [-0.2, -0.15) is 0 Å². The molecular formula is C18H18ClN3. The maximum absolute atomic E-state index is 6.17. The molecule has 1 aliphatic carbocycles. The van der Waals surface area contributed by atoms with E-state index in [1.165, 1.54) is 22.4 Å². The summed E-state index contributed by atoms with van der Waals surface area (Å²) in [5.74, 6) is 0.174. The van der Waals surface area contributed by atoms with Crippen LogP contribution in [0.5, 0.6) is 0 Å². The lowest BCUT2D eigenvalue weighted by atomic mass is 9.85. The number of halogens is 1. The van der Waals surface area contributed by atoms with Crippen LogP contribution in [0.2, 0.25) is 5.02 Å². The lowest BCUT2D eigenvalue weighted by molar-refractivity contribution is 0.662. The lowest BCUT2D eigenvalue weighted by Gasteiger charge is -2.24. The standard InChI is InChI=1S/C18H18ClN3/c19-15-10-14-4-3-13-2-1-7-21-17(13)16(18(14)22-11-15)12-5-8-20-9-6-12/h1-2,5,7,10-11,16,20H,3-4,6,8-9H2. The lowest BCUT2D eigenvalue weighted by Crippen LogP contribution is -2.24. The van der Waals surface area contributed by atoms with Crippen molar-refractivity contribution in [1.82, 2.24) is 15.3 Å². The zero-order valence-electron chi connectivity index (χ0n) is 12.3. The Balaban J connectivity index is 1.92. The summed E-state index contributed by atoms with van der Waals surface area (Å²) in [7, 11) is 0. The van der Waals surface area contributed by atoms with Gasteiger partial charge in [0.2, 0.25) is 0 Å². The second kappa shape index (κ2) is 5.82. The molecule has 4 rings (SSSR count). The van der Waals surface area contributed by atoms with Gasteiger partial charge in [0.05, 0.1) is 22.3 Å². The minimum Gasteiger partial charge on any atom is -0.313 e.